The van der Waals surface area contributed by atoms with Gasteiger partial charge in [-0.1, -0.05) is 38.5 Å². The van der Waals surface area contributed by atoms with Crippen molar-refractivity contribution in [3.8, 4) is 12.3 Å². The molecular formula is C26H40FN5OS. The monoisotopic (exact) mass is 489 g/mol. The van der Waals surface area contributed by atoms with Crippen LogP contribution in [-0.4, -0.2) is 43.1 Å². The number of thioether (sulfide) groups is 1. The summed E-state index contributed by atoms with van der Waals surface area (Å²) >= 11 is 1.40. The summed E-state index contributed by atoms with van der Waals surface area (Å²) in [6.07, 6.45) is 13.6. The summed E-state index contributed by atoms with van der Waals surface area (Å²) in [6.45, 7) is 19.7. The van der Waals surface area contributed by atoms with E-state index in [-0.39, 0.29) is 30.0 Å². The van der Waals surface area contributed by atoms with E-state index in [4.69, 9.17) is 12.2 Å². The third kappa shape index (κ3) is 13.6. The Balaban J connectivity index is 0. The molecular weight excluding hydrogens is 449 g/mol. The van der Waals surface area contributed by atoms with Crippen LogP contribution in [0.2, 0.25) is 0 Å². The van der Waals surface area contributed by atoms with Crippen molar-refractivity contribution in [2.24, 2.45) is 21.6 Å². The number of hydrogen-bond donors (Lipinski definition) is 3. The predicted molar refractivity (Wildman–Crippen MR) is 148 cm³/mol. The first-order chi connectivity index (χ1) is 16.3. The molecule has 6 nitrogen and oxygen atoms in total. The van der Waals surface area contributed by atoms with E-state index in [2.05, 4.69) is 59.9 Å². The maximum atomic E-state index is 13.6. The Labute approximate surface area is 209 Å². The highest BCUT2D eigenvalue weighted by Gasteiger charge is 2.18. The van der Waals surface area contributed by atoms with E-state index in [0.717, 1.165) is 18.5 Å². The average molecular weight is 490 g/mol. The molecule has 1 amide bonds. The standard InChI is InChI=1S/C24H36FN5OS.C2H4/c1-8-15-28-24(31)18(5)29-22(32-7)16-21(30-20(10-3)13-14-26)23(27-6)17(4)11-12-19(25)9-2;1-2/h1,9,11-12,17,20,30H,5-6,10,13-16,26H2,2-4,7H3,(H,28,31);1-2H2/b12-11-,19-9+,23-21-,29-22?;. The zero-order valence-corrected chi connectivity index (χ0v) is 21.8. The highest BCUT2D eigenvalue weighted by atomic mass is 32.2. The lowest BCUT2D eigenvalue weighted by atomic mass is 10.0. The van der Waals surface area contributed by atoms with Crippen molar-refractivity contribution in [1.82, 2.24) is 10.6 Å². The van der Waals surface area contributed by atoms with Crippen LogP contribution in [0.4, 0.5) is 4.39 Å². The minimum Gasteiger partial charge on any atom is -0.384 e. The summed E-state index contributed by atoms with van der Waals surface area (Å²) in [4.78, 5) is 20.7. The molecule has 0 saturated carbocycles. The zero-order chi connectivity index (χ0) is 26.5. The zero-order valence-electron chi connectivity index (χ0n) is 21.0. The fraction of sp³-hybridized carbons (Fsp3) is 0.423. The Morgan fingerprint density at radius 1 is 1.38 bits per heavy atom. The van der Waals surface area contributed by atoms with E-state index in [1.165, 1.54) is 23.9 Å². The molecule has 0 saturated heterocycles. The number of rotatable bonds is 14. The Hall–Kier alpha value is -2.89. The van der Waals surface area contributed by atoms with Gasteiger partial charge in [-0.15, -0.1) is 31.3 Å². The van der Waals surface area contributed by atoms with Gasteiger partial charge in [-0.05, 0) is 45.4 Å². The topological polar surface area (TPSA) is 91.9 Å². The minimum absolute atomic E-state index is 0.0640. The lowest BCUT2D eigenvalue weighted by Gasteiger charge is -2.23. The Morgan fingerprint density at radius 2 is 2.03 bits per heavy atom. The van der Waals surface area contributed by atoms with E-state index < -0.39 is 5.91 Å². The number of allylic oxidation sites excluding steroid dienone is 5. The second-order valence-electron chi connectivity index (χ2n) is 6.89. The fourth-order valence-electron chi connectivity index (χ4n) is 2.72. The van der Waals surface area contributed by atoms with Crippen LogP contribution in [0.5, 0.6) is 0 Å². The summed E-state index contributed by atoms with van der Waals surface area (Å²) in [5.41, 5.74) is 7.29. The minimum atomic E-state index is -0.428. The molecule has 2 unspecified atom stereocenters. The van der Waals surface area contributed by atoms with Crippen molar-refractivity contribution >= 4 is 29.4 Å². The third-order valence-electron chi connectivity index (χ3n) is 4.55. The summed E-state index contributed by atoms with van der Waals surface area (Å²) in [7, 11) is 0. The second kappa shape index (κ2) is 20.7. The smallest absolute Gasteiger partial charge is 0.270 e. The molecule has 0 radical (unpaired) electrons. The Morgan fingerprint density at radius 3 is 2.50 bits per heavy atom. The molecule has 0 aromatic heterocycles. The van der Waals surface area contributed by atoms with Crippen LogP contribution in [0.1, 0.15) is 40.0 Å². The van der Waals surface area contributed by atoms with Crippen LogP contribution in [-0.2, 0) is 4.79 Å². The number of hydrogen-bond acceptors (Lipinski definition) is 6. The maximum Gasteiger partial charge on any atom is 0.270 e. The van der Waals surface area contributed by atoms with Crippen LogP contribution < -0.4 is 16.4 Å². The van der Waals surface area contributed by atoms with Crippen molar-refractivity contribution in [2.75, 3.05) is 19.3 Å². The van der Waals surface area contributed by atoms with Crippen LogP contribution in [0.3, 0.4) is 0 Å². The number of carbonyl (C=O) groups is 1. The second-order valence-corrected chi connectivity index (χ2v) is 7.77. The number of halogens is 1. The van der Waals surface area contributed by atoms with E-state index in [0.29, 0.717) is 23.7 Å². The summed E-state index contributed by atoms with van der Waals surface area (Å²) in [5.74, 6) is 1.38. The number of nitrogens with one attached hydrogen (secondary N) is 2. The Bertz CT molecular complexity index is 824. The molecule has 0 spiro atoms. The Kier molecular flexibility index (Phi) is 20.3. The van der Waals surface area contributed by atoms with Crippen molar-refractivity contribution < 1.29 is 9.18 Å². The van der Waals surface area contributed by atoms with Gasteiger partial charge in [0.1, 0.15) is 11.5 Å². The lowest BCUT2D eigenvalue weighted by Crippen LogP contribution is -2.32. The molecule has 0 aromatic rings. The quantitative estimate of drug-likeness (QED) is 0.0808. The number of nitrogens with zero attached hydrogens (tertiary/aromatic N) is 2. The molecule has 188 valence electrons. The van der Waals surface area contributed by atoms with E-state index in [9.17, 15) is 9.18 Å². The van der Waals surface area contributed by atoms with E-state index >= 15 is 0 Å². The molecule has 0 heterocycles. The van der Waals surface area contributed by atoms with Gasteiger partial charge in [0.15, 0.2) is 0 Å². The third-order valence-corrected chi connectivity index (χ3v) is 5.26. The first-order valence-electron chi connectivity index (χ1n) is 11.0. The van der Waals surface area contributed by atoms with E-state index in [1.54, 1.807) is 13.0 Å². The van der Waals surface area contributed by atoms with Crippen molar-refractivity contribution in [3.05, 3.63) is 60.9 Å². The molecule has 4 N–H and O–H groups in total. The van der Waals surface area contributed by atoms with Crippen LogP contribution in [0, 0.1) is 18.3 Å². The van der Waals surface area contributed by atoms with Gasteiger partial charge >= 0.3 is 0 Å². The molecule has 0 fully saturated rings. The number of amides is 1. The number of nitrogens with two attached hydrogens (primary N) is 1. The summed E-state index contributed by atoms with van der Waals surface area (Å²) in [6, 6.07) is 0.125. The van der Waals surface area contributed by atoms with Crippen molar-refractivity contribution in [2.45, 2.75) is 46.1 Å². The van der Waals surface area contributed by atoms with Gasteiger partial charge in [0, 0.05) is 24.1 Å². The van der Waals surface area contributed by atoms with Gasteiger partial charge in [-0.25, -0.2) is 9.38 Å². The number of aliphatic imine (C=N–C) groups is 2. The van der Waals surface area contributed by atoms with Crippen LogP contribution >= 0.6 is 11.8 Å². The summed E-state index contributed by atoms with van der Waals surface area (Å²) in [5, 5.41) is 6.72. The molecule has 2 atom stereocenters. The van der Waals surface area contributed by atoms with Gasteiger partial charge < -0.3 is 16.4 Å². The first kappa shape index (κ1) is 33.3. The molecule has 0 aliphatic rings. The van der Waals surface area contributed by atoms with Gasteiger partial charge in [0.2, 0.25) is 0 Å². The maximum absolute atomic E-state index is 13.6. The molecule has 0 aromatic carbocycles. The molecule has 34 heavy (non-hydrogen) atoms. The van der Waals surface area contributed by atoms with Gasteiger partial charge in [0.25, 0.3) is 5.91 Å². The van der Waals surface area contributed by atoms with Crippen molar-refractivity contribution in [3.63, 3.8) is 0 Å². The number of terminal acetylenes is 1. The average Bonchev–Trinajstić information content (AvgIpc) is 2.86. The van der Waals surface area contributed by atoms with Gasteiger partial charge in [-0.2, -0.15) is 0 Å². The highest BCUT2D eigenvalue weighted by molar-refractivity contribution is 8.13. The molecule has 8 heteroatoms. The SMILES string of the molecule is C#CCNC(=O)C(=C)N=C(C/C(NC(CC)CCN)=C(/N=C)C(C)/C=C\C(F)=C/C)SC.C=C. The molecule has 0 bridgehead atoms. The number of carbonyl (C=O) groups excluding carboxylic acids is 1. The predicted octanol–water partition coefficient (Wildman–Crippen LogP) is 4.90. The largest absolute Gasteiger partial charge is 0.384 e. The normalized spacial score (nSPS) is 14.1. The molecule has 0 aliphatic heterocycles. The van der Waals surface area contributed by atoms with Crippen LogP contribution in [0.25, 0.3) is 0 Å². The fourth-order valence-corrected chi connectivity index (χ4v) is 3.21. The highest BCUT2D eigenvalue weighted by Crippen LogP contribution is 2.23. The molecule has 0 aliphatic carbocycles. The van der Waals surface area contributed by atoms with Gasteiger partial charge in [0.05, 0.1) is 17.3 Å². The van der Waals surface area contributed by atoms with Gasteiger partial charge in [-0.3, -0.25) is 9.79 Å². The van der Waals surface area contributed by atoms with E-state index in [1.807, 2.05) is 13.2 Å². The summed E-state index contributed by atoms with van der Waals surface area (Å²) < 4.78 is 13.6. The van der Waals surface area contributed by atoms with Crippen LogP contribution in [0.15, 0.2) is 70.9 Å². The molecule has 0 rings (SSSR count). The van der Waals surface area contributed by atoms with Crippen molar-refractivity contribution in [1.29, 1.82) is 0 Å². The lowest BCUT2D eigenvalue weighted by molar-refractivity contribution is -0.117. The first-order valence-corrected chi connectivity index (χ1v) is 12.2.